The Hall–Kier alpha value is -1.12. The smallest absolute Gasteiger partial charge is 0.142 e. The van der Waals surface area contributed by atoms with Crippen LogP contribution in [0.3, 0.4) is 0 Å². The lowest BCUT2D eigenvalue weighted by Gasteiger charge is -2.03. The van der Waals surface area contributed by atoms with Crippen molar-refractivity contribution in [1.29, 1.82) is 0 Å². The molecule has 1 heterocycles. The van der Waals surface area contributed by atoms with Gasteiger partial charge in [-0.05, 0) is 24.3 Å². The van der Waals surface area contributed by atoms with Crippen molar-refractivity contribution in [3.8, 4) is 0 Å². The zero-order valence-electron chi connectivity index (χ0n) is 10.6. The third kappa shape index (κ3) is 2.04. The normalized spacial score (nSPS) is 22.1. The van der Waals surface area contributed by atoms with Crippen LogP contribution in [0.2, 0.25) is 0 Å². The summed E-state index contributed by atoms with van der Waals surface area (Å²) in [6.45, 7) is 6.41. The van der Waals surface area contributed by atoms with Crippen molar-refractivity contribution in [2.75, 3.05) is 0 Å². The second-order valence-corrected chi connectivity index (χ2v) is 5.49. The number of hydrogen-bond acceptors (Lipinski definition) is 2. The molecule has 1 fully saturated rings. The van der Waals surface area contributed by atoms with Gasteiger partial charge in [-0.1, -0.05) is 20.8 Å². The molecule has 2 rings (SSSR count). The van der Waals surface area contributed by atoms with Crippen LogP contribution >= 0.6 is 0 Å². The van der Waals surface area contributed by atoms with Crippen LogP contribution in [0.1, 0.15) is 38.6 Å². The number of hydrogen-bond donors (Lipinski definition) is 0. The molecule has 1 aliphatic carbocycles. The highest BCUT2D eigenvalue weighted by molar-refractivity contribution is 5.86. The summed E-state index contributed by atoms with van der Waals surface area (Å²) < 4.78 is 1.84. The van der Waals surface area contributed by atoms with Gasteiger partial charge in [0, 0.05) is 25.1 Å². The number of aromatic nitrogens is 2. The van der Waals surface area contributed by atoms with Crippen molar-refractivity contribution in [1.82, 2.24) is 9.78 Å². The summed E-state index contributed by atoms with van der Waals surface area (Å²) in [7, 11) is 1.92. The summed E-state index contributed by atoms with van der Waals surface area (Å²) in [5.41, 5.74) is 2.36. The van der Waals surface area contributed by atoms with E-state index in [-0.39, 0.29) is 11.3 Å². The first-order chi connectivity index (χ1) is 7.44. The minimum absolute atomic E-state index is 0.239. The molecular formula is C13H20N2O. The minimum atomic E-state index is 0.239. The molecule has 0 aromatic carbocycles. The van der Waals surface area contributed by atoms with Crippen LogP contribution in [0.25, 0.3) is 0 Å². The monoisotopic (exact) mass is 220 g/mol. The largest absolute Gasteiger partial charge is 0.299 e. The fourth-order valence-electron chi connectivity index (χ4n) is 2.23. The van der Waals surface area contributed by atoms with Crippen molar-refractivity contribution >= 4 is 5.78 Å². The number of Topliss-reactive ketones (excluding diaryl/α,β-unsaturated/α-hetero) is 1. The van der Waals surface area contributed by atoms with E-state index in [4.69, 9.17) is 0 Å². The van der Waals surface area contributed by atoms with E-state index in [1.165, 1.54) is 0 Å². The summed E-state index contributed by atoms with van der Waals surface area (Å²) in [5.74, 6) is 0.642. The molecule has 16 heavy (non-hydrogen) atoms. The van der Waals surface area contributed by atoms with Gasteiger partial charge in [0.2, 0.25) is 0 Å². The molecule has 0 amide bonds. The van der Waals surface area contributed by atoms with Crippen molar-refractivity contribution in [2.45, 2.75) is 40.0 Å². The Labute approximate surface area is 96.8 Å². The highest BCUT2D eigenvalue weighted by atomic mass is 16.1. The molecule has 1 aromatic heterocycles. The maximum atomic E-state index is 12.0. The third-order valence-electron chi connectivity index (χ3n) is 3.65. The SMILES string of the molecule is CCc1cc(CC(=O)C2CC2(C)C)n(C)n1. The molecule has 0 aliphatic heterocycles. The maximum absolute atomic E-state index is 12.0. The topological polar surface area (TPSA) is 34.9 Å². The molecule has 1 atom stereocenters. The van der Waals surface area contributed by atoms with Crippen molar-refractivity contribution in [3.05, 3.63) is 17.5 Å². The molecule has 3 heteroatoms. The Bertz CT molecular complexity index is 418. The van der Waals surface area contributed by atoms with E-state index >= 15 is 0 Å². The van der Waals surface area contributed by atoms with E-state index in [2.05, 4.69) is 25.9 Å². The lowest BCUT2D eigenvalue weighted by atomic mass is 10.0. The zero-order valence-corrected chi connectivity index (χ0v) is 10.6. The number of carbonyl (C=O) groups is 1. The van der Waals surface area contributed by atoms with Crippen LogP contribution in [0.15, 0.2) is 6.07 Å². The summed E-state index contributed by atoms with van der Waals surface area (Å²) in [4.78, 5) is 12.0. The Morgan fingerprint density at radius 3 is 2.69 bits per heavy atom. The van der Waals surface area contributed by atoms with Gasteiger partial charge < -0.3 is 0 Å². The molecule has 0 saturated heterocycles. The van der Waals surface area contributed by atoms with Crippen LogP contribution in [-0.4, -0.2) is 15.6 Å². The molecule has 0 spiro atoms. The van der Waals surface area contributed by atoms with E-state index < -0.39 is 0 Å². The van der Waals surface area contributed by atoms with Gasteiger partial charge >= 0.3 is 0 Å². The Morgan fingerprint density at radius 1 is 1.62 bits per heavy atom. The van der Waals surface area contributed by atoms with E-state index in [1.54, 1.807) is 0 Å². The standard InChI is InChI=1S/C13H20N2O/c1-5-9-6-10(15(4)14-9)7-12(16)11-8-13(11,2)3/h6,11H,5,7-8H2,1-4H3. The first-order valence-electron chi connectivity index (χ1n) is 5.98. The first-order valence-corrected chi connectivity index (χ1v) is 5.98. The average molecular weight is 220 g/mol. The van der Waals surface area contributed by atoms with Crippen LogP contribution in [0.5, 0.6) is 0 Å². The van der Waals surface area contributed by atoms with Gasteiger partial charge in [0.15, 0.2) is 0 Å². The number of carbonyl (C=O) groups excluding carboxylic acids is 1. The van der Waals surface area contributed by atoms with E-state index in [9.17, 15) is 4.79 Å². The van der Waals surface area contributed by atoms with Crippen LogP contribution in [0.4, 0.5) is 0 Å². The van der Waals surface area contributed by atoms with E-state index in [0.29, 0.717) is 12.2 Å². The Kier molecular flexibility index (Phi) is 2.64. The molecule has 3 nitrogen and oxygen atoms in total. The molecule has 1 aliphatic rings. The predicted octanol–water partition coefficient (Wildman–Crippen LogP) is 2.14. The molecule has 1 saturated carbocycles. The fourth-order valence-corrected chi connectivity index (χ4v) is 2.23. The molecule has 0 bridgehead atoms. The maximum Gasteiger partial charge on any atom is 0.142 e. The van der Waals surface area contributed by atoms with Gasteiger partial charge in [0.1, 0.15) is 5.78 Å². The van der Waals surface area contributed by atoms with E-state index in [1.807, 2.05) is 17.8 Å². The summed E-state index contributed by atoms with van der Waals surface area (Å²) in [5, 5.41) is 4.36. The van der Waals surface area contributed by atoms with Crippen LogP contribution in [-0.2, 0) is 24.7 Å². The van der Waals surface area contributed by atoms with Crippen molar-refractivity contribution in [3.63, 3.8) is 0 Å². The molecular weight excluding hydrogens is 200 g/mol. The number of aryl methyl sites for hydroxylation is 2. The van der Waals surface area contributed by atoms with Gasteiger partial charge in [-0.25, -0.2) is 0 Å². The molecule has 1 aromatic rings. The third-order valence-corrected chi connectivity index (χ3v) is 3.65. The van der Waals surface area contributed by atoms with Gasteiger partial charge in [-0.3, -0.25) is 9.48 Å². The van der Waals surface area contributed by atoms with Crippen molar-refractivity contribution < 1.29 is 4.79 Å². The number of ketones is 1. The quantitative estimate of drug-likeness (QED) is 0.779. The van der Waals surface area contributed by atoms with Gasteiger partial charge in [0.25, 0.3) is 0 Å². The zero-order chi connectivity index (χ0) is 11.9. The van der Waals surface area contributed by atoms with Gasteiger partial charge in [-0.15, -0.1) is 0 Å². The number of nitrogens with zero attached hydrogens (tertiary/aromatic N) is 2. The first kappa shape index (κ1) is 11.4. The lowest BCUT2D eigenvalue weighted by molar-refractivity contribution is -0.120. The van der Waals surface area contributed by atoms with Crippen LogP contribution in [0, 0.1) is 11.3 Å². The average Bonchev–Trinajstić information content (AvgIpc) is 2.70. The Morgan fingerprint density at radius 2 is 2.25 bits per heavy atom. The van der Waals surface area contributed by atoms with E-state index in [0.717, 1.165) is 24.2 Å². The second-order valence-electron chi connectivity index (χ2n) is 5.49. The molecule has 0 N–H and O–H groups in total. The summed E-state index contributed by atoms with van der Waals surface area (Å²) >= 11 is 0. The number of rotatable bonds is 4. The lowest BCUT2D eigenvalue weighted by Crippen LogP contribution is -2.11. The molecule has 88 valence electrons. The molecule has 1 unspecified atom stereocenters. The highest BCUT2D eigenvalue weighted by Crippen LogP contribution is 2.52. The minimum Gasteiger partial charge on any atom is -0.299 e. The second kappa shape index (κ2) is 3.72. The Balaban J connectivity index is 2.04. The predicted molar refractivity (Wildman–Crippen MR) is 63.2 cm³/mol. The van der Waals surface area contributed by atoms with Gasteiger partial charge in [0.05, 0.1) is 5.69 Å². The highest BCUT2D eigenvalue weighted by Gasteiger charge is 2.49. The van der Waals surface area contributed by atoms with Crippen molar-refractivity contribution in [2.24, 2.45) is 18.4 Å². The van der Waals surface area contributed by atoms with Gasteiger partial charge in [-0.2, -0.15) is 5.10 Å². The summed E-state index contributed by atoms with van der Waals surface area (Å²) in [6, 6.07) is 2.05. The molecule has 0 radical (unpaired) electrons. The van der Waals surface area contributed by atoms with Crippen LogP contribution < -0.4 is 0 Å². The summed E-state index contributed by atoms with van der Waals surface area (Å²) in [6.07, 6.45) is 2.51. The fraction of sp³-hybridized carbons (Fsp3) is 0.692.